The van der Waals surface area contributed by atoms with Crippen LogP contribution in [0.5, 0.6) is 5.75 Å². The number of methoxy groups -OCH3 is 1. The van der Waals surface area contributed by atoms with Gasteiger partial charge in [-0.05, 0) is 36.8 Å². The van der Waals surface area contributed by atoms with Crippen LogP contribution >= 0.6 is 11.6 Å². The van der Waals surface area contributed by atoms with E-state index < -0.39 is 6.10 Å². The minimum absolute atomic E-state index is 0.290. The Balaban J connectivity index is 1.54. The Bertz CT molecular complexity index is 1380. The van der Waals surface area contributed by atoms with Crippen LogP contribution in [0.2, 0.25) is 5.15 Å². The van der Waals surface area contributed by atoms with E-state index in [2.05, 4.69) is 22.1 Å². The number of hydrogen-bond acceptors (Lipinski definition) is 7. The van der Waals surface area contributed by atoms with Gasteiger partial charge in [-0.1, -0.05) is 23.7 Å². The molecule has 1 N–H and O–H groups in total. The van der Waals surface area contributed by atoms with Crippen molar-refractivity contribution in [3.05, 3.63) is 82.8 Å². The highest BCUT2D eigenvalue weighted by Crippen LogP contribution is 2.37. The lowest BCUT2D eigenvalue weighted by Gasteiger charge is -2.30. The molecule has 0 saturated heterocycles. The molecule has 2 aromatic heterocycles. The highest BCUT2D eigenvalue weighted by Gasteiger charge is 2.29. The quantitative estimate of drug-likeness (QED) is 0.362. The van der Waals surface area contributed by atoms with Gasteiger partial charge in [0.15, 0.2) is 0 Å². The van der Waals surface area contributed by atoms with Crippen molar-refractivity contribution >= 4 is 29.1 Å². The monoisotopic (exact) mass is 508 g/mol. The van der Waals surface area contributed by atoms with Crippen molar-refractivity contribution in [3.63, 3.8) is 0 Å². The van der Waals surface area contributed by atoms with E-state index in [-0.39, 0.29) is 5.82 Å². The van der Waals surface area contributed by atoms with Crippen molar-refractivity contribution in [1.29, 1.82) is 0 Å². The average molecular weight is 509 g/mol. The Kier molecular flexibility index (Phi) is 6.75. The van der Waals surface area contributed by atoms with E-state index in [4.69, 9.17) is 31.0 Å². The molecule has 1 unspecified atom stereocenters. The Morgan fingerprint density at radius 1 is 1.22 bits per heavy atom. The summed E-state index contributed by atoms with van der Waals surface area (Å²) in [5.74, 6) is 1.62. The summed E-state index contributed by atoms with van der Waals surface area (Å²) in [5, 5.41) is 3.71. The maximum atomic E-state index is 13.6. The van der Waals surface area contributed by atoms with Gasteiger partial charge in [-0.25, -0.2) is 14.4 Å². The smallest absolute Gasteiger partial charge is 0.229 e. The summed E-state index contributed by atoms with van der Waals surface area (Å²) in [6.07, 6.45) is 3.62. The molecular weight excluding hydrogens is 483 g/mol. The van der Waals surface area contributed by atoms with Gasteiger partial charge in [0.1, 0.15) is 35.0 Å². The standard InChI is InChI=1S/C26H26ClFN6O2/c1-4-33(2)25-19-11-12-36-24(16-5-7-17(28)8-6-16)23(19)31-26(32-25)30-18-9-10-20(21(13-18)35-3)34-14-22(27)29-15-34/h5-10,13-15,24H,4,11-12H2,1-3H3,(H,30,31,32). The molecule has 0 spiro atoms. The molecule has 0 amide bonds. The van der Waals surface area contributed by atoms with Crippen LogP contribution in [0.25, 0.3) is 5.69 Å². The number of rotatable bonds is 7. The third-order valence-corrected chi connectivity index (χ3v) is 6.37. The maximum absolute atomic E-state index is 13.6. The molecule has 1 aliphatic heterocycles. The molecule has 0 fully saturated rings. The molecule has 0 aliphatic carbocycles. The van der Waals surface area contributed by atoms with E-state index in [1.54, 1.807) is 36.3 Å². The number of hydrogen-bond donors (Lipinski definition) is 1. The second-order valence-electron chi connectivity index (χ2n) is 8.42. The molecule has 5 rings (SSSR count). The van der Waals surface area contributed by atoms with Crippen molar-refractivity contribution in [2.75, 3.05) is 37.5 Å². The zero-order valence-corrected chi connectivity index (χ0v) is 21.0. The van der Waals surface area contributed by atoms with Gasteiger partial charge in [-0.2, -0.15) is 4.98 Å². The summed E-state index contributed by atoms with van der Waals surface area (Å²) in [7, 11) is 3.61. The summed E-state index contributed by atoms with van der Waals surface area (Å²) in [6, 6.07) is 12.0. The number of fused-ring (bicyclic) bond motifs is 1. The molecule has 3 heterocycles. The molecule has 4 aromatic rings. The topological polar surface area (TPSA) is 77.3 Å². The minimum atomic E-state index is -0.412. The highest BCUT2D eigenvalue weighted by molar-refractivity contribution is 6.29. The summed E-state index contributed by atoms with van der Waals surface area (Å²) in [6.45, 7) is 3.39. The van der Waals surface area contributed by atoms with E-state index in [1.165, 1.54) is 12.1 Å². The maximum Gasteiger partial charge on any atom is 0.229 e. The fourth-order valence-electron chi connectivity index (χ4n) is 4.24. The number of aromatic nitrogens is 4. The predicted octanol–water partition coefficient (Wildman–Crippen LogP) is 5.33. The summed E-state index contributed by atoms with van der Waals surface area (Å²) >= 11 is 5.98. The van der Waals surface area contributed by atoms with Gasteiger partial charge in [-0.15, -0.1) is 0 Å². The van der Waals surface area contributed by atoms with E-state index in [9.17, 15) is 4.39 Å². The van der Waals surface area contributed by atoms with Gasteiger partial charge in [0, 0.05) is 43.5 Å². The van der Waals surface area contributed by atoms with Crippen molar-refractivity contribution in [1.82, 2.24) is 19.5 Å². The molecule has 8 nitrogen and oxygen atoms in total. The number of halogens is 2. The highest BCUT2D eigenvalue weighted by atomic mass is 35.5. The first kappa shape index (κ1) is 24.0. The van der Waals surface area contributed by atoms with Crippen molar-refractivity contribution in [2.45, 2.75) is 19.4 Å². The van der Waals surface area contributed by atoms with Crippen LogP contribution in [0.1, 0.15) is 29.8 Å². The minimum Gasteiger partial charge on any atom is -0.494 e. The predicted molar refractivity (Wildman–Crippen MR) is 137 cm³/mol. The van der Waals surface area contributed by atoms with Crippen LogP contribution in [0.3, 0.4) is 0 Å². The summed E-state index contributed by atoms with van der Waals surface area (Å²) in [4.78, 5) is 15.9. The number of imidazole rings is 1. The van der Waals surface area contributed by atoms with Gasteiger partial charge in [0.25, 0.3) is 0 Å². The largest absolute Gasteiger partial charge is 0.494 e. The summed E-state index contributed by atoms with van der Waals surface area (Å²) < 4.78 is 27.1. The van der Waals surface area contributed by atoms with Gasteiger partial charge in [0.05, 0.1) is 25.1 Å². The Hall–Kier alpha value is -3.69. The lowest BCUT2D eigenvalue weighted by Crippen LogP contribution is -2.26. The normalized spacial score (nSPS) is 14.9. The zero-order chi connectivity index (χ0) is 25.2. The van der Waals surface area contributed by atoms with Crippen LogP contribution in [-0.4, -0.2) is 46.8 Å². The Morgan fingerprint density at radius 3 is 2.72 bits per heavy atom. The zero-order valence-electron chi connectivity index (χ0n) is 20.2. The second-order valence-corrected chi connectivity index (χ2v) is 8.80. The Morgan fingerprint density at radius 2 is 2.03 bits per heavy atom. The van der Waals surface area contributed by atoms with Crippen molar-refractivity contribution in [2.24, 2.45) is 0 Å². The molecule has 36 heavy (non-hydrogen) atoms. The molecule has 1 aliphatic rings. The fourth-order valence-corrected chi connectivity index (χ4v) is 4.39. The van der Waals surface area contributed by atoms with Crippen LogP contribution in [-0.2, 0) is 11.2 Å². The fraction of sp³-hybridized carbons (Fsp3) is 0.269. The van der Waals surface area contributed by atoms with Gasteiger partial charge >= 0.3 is 0 Å². The van der Waals surface area contributed by atoms with Gasteiger partial charge in [0.2, 0.25) is 5.95 Å². The second kappa shape index (κ2) is 10.1. The molecule has 10 heteroatoms. The van der Waals surface area contributed by atoms with Crippen molar-refractivity contribution < 1.29 is 13.9 Å². The van der Waals surface area contributed by atoms with Crippen LogP contribution in [0.4, 0.5) is 21.8 Å². The number of nitrogens with one attached hydrogen (secondary N) is 1. The lowest BCUT2D eigenvalue weighted by molar-refractivity contribution is 0.0664. The first-order valence-corrected chi connectivity index (χ1v) is 12.0. The number of nitrogens with zero attached hydrogens (tertiary/aromatic N) is 5. The number of benzene rings is 2. The Labute approximate surface area is 213 Å². The molecule has 2 aromatic carbocycles. The van der Waals surface area contributed by atoms with Crippen molar-refractivity contribution in [3.8, 4) is 11.4 Å². The lowest BCUT2D eigenvalue weighted by atomic mass is 9.98. The third kappa shape index (κ3) is 4.72. The molecule has 186 valence electrons. The first-order valence-electron chi connectivity index (χ1n) is 11.6. The van der Waals surface area contributed by atoms with E-state index in [0.29, 0.717) is 29.9 Å². The number of ether oxygens (including phenoxy) is 2. The van der Waals surface area contributed by atoms with E-state index in [1.807, 2.05) is 25.2 Å². The molecule has 0 bridgehead atoms. The molecule has 1 atom stereocenters. The van der Waals surface area contributed by atoms with Gasteiger partial charge < -0.3 is 24.3 Å². The van der Waals surface area contributed by atoms with E-state index in [0.717, 1.165) is 40.6 Å². The first-order chi connectivity index (χ1) is 17.5. The number of anilines is 3. The molecule has 0 radical (unpaired) electrons. The van der Waals surface area contributed by atoms with Crippen LogP contribution in [0, 0.1) is 5.82 Å². The van der Waals surface area contributed by atoms with E-state index >= 15 is 0 Å². The molecular formula is C26H26ClFN6O2. The summed E-state index contributed by atoms with van der Waals surface area (Å²) in [5.41, 5.74) is 4.21. The SMILES string of the molecule is CCN(C)c1nc(Nc2ccc(-n3cnc(Cl)c3)c(OC)c2)nc2c1CCOC2c1ccc(F)cc1. The van der Waals surface area contributed by atoms with Gasteiger partial charge in [-0.3, -0.25) is 0 Å². The average Bonchev–Trinajstić information content (AvgIpc) is 3.33. The van der Waals surface area contributed by atoms with Crippen LogP contribution in [0.15, 0.2) is 55.0 Å². The van der Waals surface area contributed by atoms with Crippen LogP contribution < -0.4 is 15.0 Å². The third-order valence-electron chi connectivity index (χ3n) is 6.18. The molecule has 0 saturated carbocycles.